The molecule has 0 amide bonds. The molecule has 64 valence electrons. The van der Waals surface area contributed by atoms with Crippen LogP contribution in [-0.2, 0) is 0 Å². The number of hydrogen-bond donors (Lipinski definition) is 2. The second kappa shape index (κ2) is 4.52. The SMILES string of the molecule is C=CCC(CC1CCC1)NN. The van der Waals surface area contributed by atoms with E-state index in [1.54, 1.807) is 0 Å². The topological polar surface area (TPSA) is 38.0 Å². The van der Waals surface area contributed by atoms with E-state index in [4.69, 9.17) is 5.84 Å². The molecular formula is C9H18N2. The van der Waals surface area contributed by atoms with Crippen LogP contribution in [0.4, 0.5) is 0 Å². The molecule has 1 aliphatic carbocycles. The summed E-state index contributed by atoms with van der Waals surface area (Å²) in [7, 11) is 0. The first kappa shape index (κ1) is 8.75. The smallest absolute Gasteiger partial charge is 0.0247 e. The summed E-state index contributed by atoms with van der Waals surface area (Å²) >= 11 is 0. The van der Waals surface area contributed by atoms with Gasteiger partial charge in [0.05, 0.1) is 0 Å². The van der Waals surface area contributed by atoms with Crippen molar-refractivity contribution in [2.75, 3.05) is 0 Å². The number of rotatable bonds is 5. The molecule has 1 saturated carbocycles. The van der Waals surface area contributed by atoms with Crippen LogP contribution in [0.5, 0.6) is 0 Å². The van der Waals surface area contributed by atoms with E-state index in [0.717, 1.165) is 12.3 Å². The molecule has 0 saturated heterocycles. The van der Waals surface area contributed by atoms with Crippen LogP contribution >= 0.6 is 0 Å². The zero-order chi connectivity index (χ0) is 8.10. The van der Waals surface area contributed by atoms with E-state index < -0.39 is 0 Å². The lowest BCUT2D eigenvalue weighted by Crippen LogP contribution is -2.37. The third-order valence-corrected chi connectivity index (χ3v) is 2.53. The van der Waals surface area contributed by atoms with Crippen LogP contribution in [0.2, 0.25) is 0 Å². The van der Waals surface area contributed by atoms with Crippen molar-refractivity contribution in [2.24, 2.45) is 11.8 Å². The summed E-state index contributed by atoms with van der Waals surface area (Å²) in [5.74, 6) is 6.32. The first-order valence-corrected chi connectivity index (χ1v) is 4.44. The van der Waals surface area contributed by atoms with Gasteiger partial charge < -0.3 is 0 Å². The minimum Gasteiger partial charge on any atom is -0.271 e. The van der Waals surface area contributed by atoms with Crippen molar-refractivity contribution < 1.29 is 0 Å². The highest BCUT2D eigenvalue weighted by molar-refractivity contribution is 4.81. The monoisotopic (exact) mass is 154 g/mol. The van der Waals surface area contributed by atoms with E-state index >= 15 is 0 Å². The summed E-state index contributed by atoms with van der Waals surface area (Å²) in [4.78, 5) is 0. The molecule has 0 aromatic rings. The Kier molecular flexibility index (Phi) is 3.60. The van der Waals surface area contributed by atoms with Crippen molar-refractivity contribution in [1.29, 1.82) is 0 Å². The van der Waals surface area contributed by atoms with E-state index in [-0.39, 0.29) is 0 Å². The highest BCUT2D eigenvalue weighted by Crippen LogP contribution is 2.30. The van der Waals surface area contributed by atoms with Gasteiger partial charge in [-0.25, -0.2) is 0 Å². The molecule has 0 heterocycles. The fourth-order valence-electron chi connectivity index (χ4n) is 1.56. The van der Waals surface area contributed by atoms with Crippen molar-refractivity contribution in [3.63, 3.8) is 0 Å². The van der Waals surface area contributed by atoms with Crippen molar-refractivity contribution >= 4 is 0 Å². The second-order valence-corrected chi connectivity index (χ2v) is 3.42. The lowest BCUT2D eigenvalue weighted by molar-refractivity contribution is 0.261. The van der Waals surface area contributed by atoms with Crippen LogP contribution in [0.15, 0.2) is 12.7 Å². The van der Waals surface area contributed by atoms with Crippen molar-refractivity contribution in [1.82, 2.24) is 5.43 Å². The van der Waals surface area contributed by atoms with Gasteiger partial charge in [0.15, 0.2) is 0 Å². The summed E-state index contributed by atoms with van der Waals surface area (Å²) < 4.78 is 0. The predicted octanol–water partition coefficient (Wildman–Crippen LogP) is 1.58. The molecule has 1 aliphatic rings. The second-order valence-electron chi connectivity index (χ2n) is 3.42. The van der Waals surface area contributed by atoms with Crippen LogP contribution in [0.25, 0.3) is 0 Å². The lowest BCUT2D eigenvalue weighted by Gasteiger charge is -2.28. The van der Waals surface area contributed by atoms with E-state index in [2.05, 4.69) is 12.0 Å². The fourth-order valence-corrected chi connectivity index (χ4v) is 1.56. The first-order valence-electron chi connectivity index (χ1n) is 4.44. The molecule has 1 unspecified atom stereocenters. The largest absolute Gasteiger partial charge is 0.271 e. The third-order valence-electron chi connectivity index (χ3n) is 2.53. The van der Waals surface area contributed by atoms with Gasteiger partial charge in [-0.3, -0.25) is 11.3 Å². The minimum atomic E-state index is 0.456. The Balaban J connectivity index is 2.13. The maximum Gasteiger partial charge on any atom is 0.0247 e. The van der Waals surface area contributed by atoms with Gasteiger partial charge in [0.1, 0.15) is 0 Å². The molecule has 2 heteroatoms. The van der Waals surface area contributed by atoms with Crippen LogP contribution in [0.1, 0.15) is 32.1 Å². The van der Waals surface area contributed by atoms with E-state index in [1.807, 2.05) is 6.08 Å². The predicted molar refractivity (Wildman–Crippen MR) is 47.9 cm³/mol. The maximum atomic E-state index is 5.39. The molecule has 3 N–H and O–H groups in total. The molecule has 2 nitrogen and oxygen atoms in total. The van der Waals surface area contributed by atoms with Gasteiger partial charge in [-0.05, 0) is 18.8 Å². The number of nitrogens with one attached hydrogen (secondary N) is 1. The van der Waals surface area contributed by atoms with Crippen molar-refractivity contribution in [2.45, 2.75) is 38.1 Å². The summed E-state index contributed by atoms with van der Waals surface area (Å²) in [6, 6.07) is 0.456. The average molecular weight is 154 g/mol. The molecule has 1 fully saturated rings. The van der Waals surface area contributed by atoms with Gasteiger partial charge in [0, 0.05) is 6.04 Å². The number of nitrogens with two attached hydrogens (primary N) is 1. The Morgan fingerprint density at radius 1 is 1.64 bits per heavy atom. The molecular weight excluding hydrogens is 136 g/mol. The van der Waals surface area contributed by atoms with Crippen LogP contribution < -0.4 is 11.3 Å². The van der Waals surface area contributed by atoms with E-state index in [0.29, 0.717) is 6.04 Å². The highest BCUT2D eigenvalue weighted by atomic mass is 15.2. The number of hydrazine groups is 1. The summed E-state index contributed by atoms with van der Waals surface area (Å²) in [5, 5.41) is 0. The zero-order valence-electron chi connectivity index (χ0n) is 7.05. The summed E-state index contributed by atoms with van der Waals surface area (Å²) in [6.07, 6.45) is 8.36. The molecule has 0 spiro atoms. The molecule has 0 aliphatic heterocycles. The Morgan fingerprint density at radius 2 is 2.36 bits per heavy atom. The average Bonchev–Trinajstić information content (AvgIpc) is 1.94. The van der Waals surface area contributed by atoms with Gasteiger partial charge in [0.25, 0.3) is 0 Å². The summed E-state index contributed by atoms with van der Waals surface area (Å²) in [6.45, 7) is 3.70. The standard InChI is InChI=1S/C9H18N2/c1-2-4-9(11-10)7-8-5-3-6-8/h2,8-9,11H,1,3-7,10H2. The van der Waals surface area contributed by atoms with Crippen molar-refractivity contribution in [3.8, 4) is 0 Å². The normalized spacial score (nSPS) is 20.8. The molecule has 0 bridgehead atoms. The molecule has 11 heavy (non-hydrogen) atoms. The van der Waals surface area contributed by atoms with Crippen LogP contribution in [-0.4, -0.2) is 6.04 Å². The van der Waals surface area contributed by atoms with Gasteiger partial charge in [0.2, 0.25) is 0 Å². The fraction of sp³-hybridized carbons (Fsp3) is 0.778. The zero-order valence-corrected chi connectivity index (χ0v) is 7.05. The summed E-state index contributed by atoms with van der Waals surface area (Å²) in [5.41, 5.74) is 2.83. The molecule has 1 rings (SSSR count). The van der Waals surface area contributed by atoms with Gasteiger partial charge in [-0.1, -0.05) is 25.3 Å². The Morgan fingerprint density at radius 3 is 2.73 bits per heavy atom. The Hall–Kier alpha value is -0.340. The molecule has 1 atom stereocenters. The van der Waals surface area contributed by atoms with Crippen LogP contribution in [0, 0.1) is 5.92 Å². The molecule has 0 aromatic carbocycles. The van der Waals surface area contributed by atoms with Gasteiger partial charge in [-0.2, -0.15) is 0 Å². The third kappa shape index (κ3) is 2.64. The van der Waals surface area contributed by atoms with Crippen molar-refractivity contribution in [3.05, 3.63) is 12.7 Å². The highest BCUT2D eigenvalue weighted by Gasteiger charge is 2.20. The minimum absolute atomic E-state index is 0.456. The van der Waals surface area contributed by atoms with E-state index in [1.165, 1.54) is 25.7 Å². The maximum absolute atomic E-state index is 5.39. The van der Waals surface area contributed by atoms with Gasteiger partial charge in [-0.15, -0.1) is 6.58 Å². The van der Waals surface area contributed by atoms with Crippen LogP contribution in [0.3, 0.4) is 0 Å². The number of hydrogen-bond acceptors (Lipinski definition) is 2. The molecule has 0 aromatic heterocycles. The Bertz CT molecular complexity index is 119. The molecule has 0 radical (unpaired) electrons. The Labute approximate surface area is 68.8 Å². The lowest BCUT2D eigenvalue weighted by atomic mass is 9.80. The quantitative estimate of drug-likeness (QED) is 0.358. The first-order chi connectivity index (χ1) is 5.36. The van der Waals surface area contributed by atoms with E-state index in [9.17, 15) is 0 Å². The van der Waals surface area contributed by atoms with Gasteiger partial charge >= 0.3 is 0 Å².